The van der Waals surface area contributed by atoms with Crippen molar-refractivity contribution in [2.75, 3.05) is 45.1 Å². The second-order valence-corrected chi connectivity index (χ2v) is 7.60. The molecule has 1 aromatic carbocycles. The molecule has 1 saturated carbocycles. The summed E-state index contributed by atoms with van der Waals surface area (Å²) in [6, 6.07) is 8.47. The summed E-state index contributed by atoms with van der Waals surface area (Å²) < 4.78 is 10.7. The molecule has 1 aliphatic carbocycles. The van der Waals surface area contributed by atoms with Gasteiger partial charge in [-0.15, -0.1) is 0 Å². The Morgan fingerprint density at radius 1 is 1.07 bits per heavy atom. The molecule has 2 aromatic rings. The van der Waals surface area contributed by atoms with Gasteiger partial charge in [0.2, 0.25) is 5.95 Å². The molecule has 1 heterocycles. The van der Waals surface area contributed by atoms with E-state index in [1.165, 1.54) is 31.2 Å². The number of aromatic nitrogens is 2. The van der Waals surface area contributed by atoms with Crippen molar-refractivity contribution >= 4 is 11.8 Å². The van der Waals surface area contributed by atoms with Crippen LogP contribution in [0.1, 0.15) is 31.2 Å². The van der Waals surface area contributed by atoms with Crippen molar-refractivity contribution in [3.63, 3.8) is 0 Å². The minimum Gasteiger partial charge on any atom is -0.493 e. The molecule has 0 atom stereocenters. The normalized spacial score (nSPS) is 18.9. The lowest BCUT2D eigenvalue weighted by molar-refractivity contribution is 0.307. The van der Waals surface area contributed by atoms with E-state index < -0.39 is 0 Å². The second kappa shape index (κ2) is 10.3. The van der Waals surface area contributed by atoms with Gasteiger partial charge in [0, 0.05) is 32.9 Å². The number of nitrogens with zero attached hydrogens (tertiary/aromatic N) is 3. The Labute approximate surface area is 173 Å². The lowest BCUT2D eigenvalue weighted by atomic mass is 9.85. The quantitative estimate of drug-likeness (QED) is 0.670. The molecule has 1 aromatic heterocycles. The molecule has 1 fully saturated rings. The molecular formula is C22H33N5O2. The number of ether oxygens (including phenoxy) is 2. The number of hydrogen-bond donors (Lipinski definition) is 2. The zero-order valence-electron chi connectivity index (χ0n) is 17.9. The molecular weight excluding hydrogens is 366 g/mol. The van der Waals surface area contributed by atoms with Crippen molar-refractivity contribution in [3.8, 4) is 11.5 Å². The number of hydrogen-bond acceptors (Lipinski definition) is 7. The minimum atomic E-state index is 0.504. The molecule has 0 unspecified atom stereocenters. The molecule has 0 bridgehead atoms. The summed E-state index contributed by atoms with van der Waals surface area (Å²) in [5.41, 5.74) is 1.21. The summed E-state index contributed by atoms with van der Waals surface area (Å²) >= 11 is 0. The molecule has 29 heavy (non-hydrogen) atoms. The van der Waals surface area contributed by atoms with Gasteiger partial charge in [-0.2, -0.15) is 4.98 Å². The highest BCUT2D eigenvalue weighted by Gasteiger charge is 2.25. The molecule has 0 amide bonds. The van der Waals surface area contributed by atoms with Crippen LogP contribution in [-0.2, 0) is 6.54 Å². The first-order valence-electron chi connectivity index (χ1n) is 10.3. The van der Waals surface area contributed by atoms with Gasteiger partial charge in [0.1, 0.15) is 5.82 Å². The SMILES string of the molecule is CNc1ccnc(N(C)C2CCC(CNCc3ccc(OC)c(OC)c3)CC2)n1. The Hall–Kier alpha value is -2.54. The molecule has 0 spiro atoms. The molecule has 158 valence electrons. The fourth-order valence-electron chi connectivity index (χ4n) is 3.97. The summed E-state index contributed by atoms with van der Waals surface area (Å²) in [5.74, 6) is 3.91. The fourth-order valence-corrected chi connectivity index (χ4v) is 3.97. The first kappa shape index (κ1) is 21.2. The molecule has 2 N–H and O–H groups in total. The number of rotatable bonds is 9. The van der Waals surface area contributed by atoms with Gasteiger partial charge in [-0.1, -0.05) is 6.07 Å². The lowest BCUT2D eigenvalue weighted by Gasteiger charge is -2.34. The van der Waals surface area contributed by atoms with Crippen LogP contribution in [0.25, 0.3) is 0 Å². The third kappa shape index (κ3) is 5.50. The maximum absolute atomic E-state index is 5.39. The molecule has 7 nitrogen and oxygen atoms in total. The summed E-state index contributed by atoms with van der Waals surface area (Å²) in [5, 5.41) is 6.69. The van der Waals surface area contributed by atoms with Gasteiger partial charge in [-0.25, -0.2) is 4.98 Å². The van der Waals surface area contributed by atoms with Crippen LogP contribution in [0.3, 0.4) is 0 Å². The van der Waals surface area contributed by atoms with Crippen molar-refractivity contribution in [2.45, 2.75) is 38.3 Å². The number of methoxy groups -OCH3 is 2. The average Bonchev–Trinajstić information content (AvgIpc) is 2.79. The van der Waals surface area contributed by atoms with E-state index in [-0.39, 0.29) is 0 Å². The van der Waals surface area contributed by atoms with Gasteiger partial charge >= 0.3 is 0 Å². The van der Waals surface area contributed by atoms with E-state index in [0.717, 1.165) is 36.4 Å². The Kier molecular flexibility index (Phi) is 7.52. The highest BCUT2D eigenvalue weighted by Crippen LogP contribution is 2.29. The zero-order chi connectivity index (χ0) is 20.6. The maximum atomic E-state index is 5.39. The van der Waals surface area contributed by atoms with Crippen LogP contribution in [0.5, 0.6) is 11.5 Å². The Bertz CT molecular complexity index is 778. The highest BCUT2D eigenvalue weighted by atomic mass is 16.5. The Morgan fingerprint density at radius 3 is 2.52 bits per heavy atom. The standard InChI is InChI=1S/C22H33N5O2/c1-23-21-11-12-25-22(26-21)27(2)18-8-5-16(6-9-18)14-24-15-17-7-10-19(28-3)20(13-17)29-4/h7,10-13,16,18,24H,5-6,8-9,14-15H2,1-4H3,(H,23,25,26). The van der Waals surface area contributed by atoms with Crippen LogP contribution in [0, 0.1) is 5.92 Å². The largest absolute Gasteiger partial charge is 0.493 e. The van der Waals surface area contributed by atoms with Gasteiger partial charge in [0.05, 0.1) is 14.2 Å². The van der Waals surface area contributed by atoms with Gasteiger partial charge in [-0.05, 0) is 61.9 Å². The van der Waals surface area contributed by atoms with Crippen LogP contribution in [0.4, 0.5) is 11.8 Å². The van der Waals surface area contributed by atoms with Crippen molar-refractivity contribution < 1.29 is 9.47 Å². The van der Waals surface area contributed by atoms with E-state index >= 15 is 0 Å². The second-order valence-electron chi connectivity index (χ2n) is 7.60. The van der Waals surface area contributed by atoms with E-state index in [1.807, 2.05) is 31.4 Å². The predicted octanol–water partition coefficient (Wildman–Crippen LogP) is 3.32. The zero-order valence-corrected chi connectivity index (χ0v) is 17.9. The van der Waals surface area contributed by atoms with E-state index in [0.29, 0.717) is 12.0 Å². The number of anilines is 2. The molecule has 3 rings (SSSR count). The van der Waals surface area contributed by atoms with E-state index in [4.69, 9.17) is 9.47 Å². The first-order chi connectivity index (χ1) is 14.1. The van der Waals surface area contributed by atoms with Crippen molar-refractivity contribution in [2.24, 2.45) is 5.92 Å². The Balaban J connectivity index is 1.44. The van der Waals surface area contributed by atoms with Crippen molar-refractivity contribution in [1.82, 2.24) is 15.3 Å². The third-order valence-electron chi connectivity index (χ3n) is 5.79. The summed E-state index contributed by atoms with van der Waals surface area (Å²) in [7, 11) is 7.32. The first-order valence-corrected chi connectivity index (χ1v) is 10.3. The smallest absolute Gasteiger partial charge is 0.227 e. The highest BCUT2D eigenvalue weighted by molar-refractivity contribution is 5.43. The lowest BCUT2D eigenvalue weighted by Crippen LogP contribution is -2.38. The molecule has 0 saturated heterocycles. The van der Waals surface area contributed by atoms with E-state index in [1.54, 1.807) is 14.2 Å². The molecule has 0 aliphatic heterocycles. The molecule has 0 radical (unpaired) electrons. The van der Waals surface area contributed by atoms with Crippen LogP contribution >= 0.6 is 0 Å². The van der Waals surface area contributed by atoms with Crippen LogP contribution in [-0.4, -0.2) is 50.9 Å². The van der Waals surface area contributed by atoms with Crippen molar-refractivity contribution in [3.05, 3.63) is 36.0 Å². The van der Waals surface area contributed by atoms with Crippen molar-refractivity contribution in [1.29, 1.82) is 0 Å². The monoisotopic (exact) mass is 399 g/mol. The minimum absolute atomic E-state index is 0.504. The summed E-state index contributed by atoms with van der Waals surface area (Å²) in [4.78, 5) is 11.2. The van der Waals surface area contributed by atoms with Gasteiger partial charge < -0.3 is 25.0 Å². The molecule has 1 aliphatic rings. The average molecular weight is 400 g/mol. The Morgan fingerprint density at radius 2 is 1.83 bits per heavy atom. The van der Waals surface area contributed by atoms with Gasteiger partial charge in [-0.3, -0.25) is 0 Å². The van der Waals surface area contributed by atoms with Gasteiger partial charge in [0.25, 0.3) is 0 Å². The maximum Gasteiger partial charge on any atom is 0.227 e. The van der Waals surface area contributed by atoms with E-state index in [9.17, 15) is 0 Å². The number of nitrogens with one attached hydrogen (secondary N) is 2. The predicted molar refractivity (Wildman–Crippen MR) is 117 cm³/mol. The third-order valence-corrected chi connectivity index (χ3v) is 5.79. The summed E-state index contributed by atoms with van der Waals surface area (Å²) in [6.45, 7) is 1.88. The summed E-state index contributed by atoms with van der Waals surface area (Å²) in [6.07, 6.45) is 6.60. The molecule has 7 heteroatoms. The van der Waals surface area contributed by atoms with Crippen LogP contribution in [0.15, 0.2) is 30.5 Å². The van der Waals surface area contributed by atoms with Gasteiger partial charge in [0.15, 0.2) is 11.5 Å². The topological polar surface area (TPSA) is 71.5 Å². The van der Waals surface area contributed by atoms with E-state index in [2.05, 4.69) is 38.6 Å². The number of benzene rings is 1. The van der Waals surface area contributed by atoms with Crippen LogP contribution < -0.4 is 25.0 Å². The van der Waals surface area contributed by atoms with Crippen LogP contribution in [0.2, 0.25) is 0 Å². The fraction of sp³-hybridized carbons (Fsp3) is 0.545.